The van der Waals surface area contributed by atoms with Gasteiger partial charge in [-0.15, -0.1) is 0 Å². The second-order valence-electron chi connectivity index (χ2n) is 12.0. The van der Waals surface area contributed by atoms with Crippen molar-refractivity contribution in [2.45, 2.75) is 97.3 Å². The molecule has 0 aliphatic heterocycles. The first-order valence-electron chi connectivity index (χ1n) is 15.4. The smallest absolute Gasteiger partial charge is 0.326 e. The lowest BCUT2D eigenvalue weighted by molar-refractivity contribution is -0.143. The fourth-order valence-electron chi connectivity index (χ4n) is 4.98. The van der Waals surface area contributed by atoms with E-state index in [1.54, 1.807) is 27.2 Å². The number of carboxylic acid groups (broad SMARTS) is 1. The molecule has 0 spiro atoms. The fourth-order valence-corrected chi connectivity index (χ4v) is 4.98. The summed E-state index contributed by atoms with van der Waals surface area (Å²) in [6, 6.07) is 5.60. The molecule has 2 amide bonds. The van der Waals surface area contributed by atoms with E-state index in [1.165, 1.54) is 0 Å². The Hall–Kier alpha value is -3.44. The van der Waals surface area contributed by atoms with Crippen LogP contribution in [0.15, 0.2) is 30.5 Å². The molecule has 11 heteroatoms. The zero-order valence-corrected chi connectivity index (χ0v) is 26.6. The van der Waals surface area contributed by atoms with E-state index in [-0.39, 0.29) is 23.8 Å². The summed E-state index contributed by atoms with van der Waals surface area (Å²) < 4.78 is 5.46. The van der Waals surface area contributed by atoms with Crippen LogP contribution >= 0.6 is 0 Å². The van der Waals surface area contributed by atoms with Crippen LogP contribution in [0.3, 0.4) is 0 Å². The molecule has 1 aromatic carbocycles. The first-order valence-corrected chi connectivity index (χ1v) is 15.4. The minimum atomic E-state index is -1.10. The number of pyridine rings is 1. The van der Waals surface area contributed by atoms with E-state index >= 15 is 0 Å². The molecule has 0 saturated heterocycles. The van der Waals surface area contributed by atoms with Crippen LogP contribution in [0, 0.1) is 11.8 Å². The summed E-state index contributed by atoms with van der Waals surface area (Å²) in [7, 11) is 1.65. The normalized spacial score (nSPS) is 14.3. The van der Waals surface area contributed by atoms with Gasteiger partial charge in [0.2, 0.25) is 11.8 Å². The maximum Gasteiger partial charge on any atom is 0.326 e. The number of carbonyl (C=O) groups is 3. The van der Waals surface area contributed by atoms with Crippen molar-refractivity contribution in [2.75, 3.05) is 25.5 Å². The van der Waals surface area contributed by atoms with Crippen molar-refractivity contribution in [2.24, 2.45) is 17.6 Å². The summed E-state index contributed by atoms with van der Waals surface area (Å²) in [5, 5.41) is 23.0. The summed E-state index contributed by atoms with van der Waals surface area (Å²) in [4.78, 5) is 42.7. The number of nitrogens with one attached hydrogen (secondary N) is 4. The molecule has 43 heavy (non-hydrogen) atoms. The predicted molar refractivity (Wildman–Crippen MR) is 171 cm³/mol. The highest BCUT2D eigenvalue weighted by Crippen LogP contribution is 2.28. The number of fused-ring (bicyclic) bond motifs is 1. The van der Waals surface area contributed by atoms with E-state index in [0.717, 1.165) is 48.0 Å². The summed E-state index contributed by atoms with van der Waals surface area (Å²) >= 11 is 0. The van der Waals surface area contributed by atoms with Crippen LogP contribution in [0.1, 0.15) is 73.1 Å². The molecule has 0 aliphatic rings. The number of ether oxygens (including phenoxy) is 1. The van der Waals surface area contributed by atoms with Crippen LogP contribution in [0.25, 0.3) is 10.9 Å². The van der Waals surface area contributed by atoms with Gasteiger partial charge in [0, 0.05) is 23.7 Å². The second kappa shape index (κ2) is 18.3. The molecule has 0 radical (unpaired) electrons. The highest BCUT2D eigenvalue weighted by atomic mass is 16.5. The van der Waals surface area contributed by atoms with Crippen molar-refractivity contribution in [1.29, 1.82) is 0 Å². The third-order valence-electron chi connectivity index (χ3n) is 7.35. The summed E-state index contributed by atoms with van der Waals surface area (Å²) in [5.41, 5.74) is 7.48. The maximum absolute atomic E-state index is 13.4. The number of anilines is 1. The van der Waals surface area contributed by atoms with Crippen molar-refractivity contribution in [3.05, 3.63) is 30.5 Å². The lowest BCUT2D eigenvalue weighted by atomic mass is 9.99. The molecule has 4 atom stereocenters. The number of amides is 2. The first-order chi connectivity index (χ1) is 20.5. The van der Waals surface area contributed by atoms with Crippen LogP contribution in [0.2, 0.25) is 0 Å². The van der Waals surface area contributed by atoms with Gasteiger partial charge in [-0.3, -0.25) is 14.6 Å². The molecular formula is C32H52N6O5. The Labute approximate surface area is 256 Å². The lowest BCUT2D eigenvalue weighted by Gasteiger charge is -2.26. The van der Waals surface area contributed by atoms with Gasteiger partial charge in [0.1, 0.15) is 17.8 Å². The highest BCUT2D eigenvalue weighted by molar-refractivity contribution is 5.92. The van der Waals surface area contributed by atoms with E-state index in [0.29, 0.717) is 25.9 Å². The highest BCUT2D eigenvalue weighted by Gasteiger charge is 2.30. The number of carboxylic acids is 1. The molecular weight excluding hydrogens is 548 g/mol. The van der Waals surface area contributed by atoms with Crippen molar-refractivity contribution in [3.8, 4) is 5.75 Å². The molecule has 2 rings (SSSR count). The van der Waals surface area contributed by atoms with Crippen LogP contribution in [0.4, 0.5) is 5.69 Å². The molecule has 1 aromatic heterocycles. The number of aromatic nitrogens is 1. The number of carbonyl (C=O) groups excluding carboxylic acids is 2. The van der Waals surface area contributed by atoms with Gasteiger partial charge in [-0.1, -0.05) is 40.2 Å². The predicted octanol–water partition coefficient (Wildman–Crippen LogP) is 3.67. The van der Waals surface area contributed by atoms with Gasteiger partial charge >= 0.3 is 5.97 Å². The van der Waals surface area contributed by atoms with Crippen LogP contribution in [0.5, 0.6) is 5.75 Å². The molecule has 2 aromatic rings. The average molecular weight is 601 g/mol. The van der Waals surface area contributed by atoms with Crippen LogP contribution < -0.4 is 31.7 Å². The van der Waals surface area contributed by atoms with Crippen LogP contribution in [-0.4, -0.2) is 72.2 Å². The Morgan fingerprint density at radius 2 is 1.70 bits per heavy atom. The summed E-state index contributed by atoms with van der Waals surface area (Å²) in [6.45, 7) is 10.6. The monoisotopic (exact) mass is 600 g/mol. The van der Waals surface area contributed by atoms with Gasteiger partial charge in [0.25, 0.3) is 0 Å². The molecule has 11 nitrogen and oxygen atoms in total. The van der Waals surface area contributed by atoms with Crippen molar-refractivity contribution in [3.63, 3.8) is 0 Å². The molecule has 240 valence electrons. The Morgan fingerprint density at radius 1 is 0.977 bits per heavy atom. The van der Waals surface area contributed by atoms with E-state index in [9.17, 15) is 19.5 Å². The Balaban J connectivity index is 2.01. The number of unbranched alkanes of at least 4 members (excludes halogenated alkanes) is 1. The Kier molecular flexibility index (Phi) is 15.2. The molecule has 7 N–H and O–H groups in total. The quantitative estimate of drug-likeness (QED) is 0.124. The van der Waals surface area contributed by atoms with E-state index < -0.39 is 30.0 Å². The Bertz CT molecular complexity index is 1170. The second-order valence-corrected chi connectivity index (χ2v) is 12.0. The third kappa shape index (κ3) is 12.0. The van der Waals surface area contributed by atoms with Gasteiger partial charge in [0.05, 0.1) is 24.4 Å². The largest absolute Gasteiger partial charge is 0.497 e. The minimum Gasteiger partial charge on any atom is -0.497 e. The number of methoxy groups -OCH3 is 1. The average Bonchev–Trinajstić information content (AvgIpc) is 2.95. The molecule has 0 aliphatic carbocycles. The topological polar surface area (TPSA) is 168 Å². The van der Waals surface area contributed by atoms with E-state index in [4.69, 9.17) is 10.5 Å². The minimum absolute atomic E-state index is 0.118. The maximum atomic E-state index is 13.4. The number of nitrogens with zero attached hydrogens (tertiary/aromatic N) is 1. The van der Waals surface area contributed by atoms with E-state index in [2.05, 4.69) is 33.2 Å². The third-order valence-corrected chi connectivity index (χ3v) is 7.35. The molecule has 0 bridgehead atoms. The van der Waals surface area contributed by atoms with Gasteiger partial charge in [-0.25, -0.2) is 4.79 Å². The SMILES string of the molecule is COc1cc(NC(C)CCCN[C@@H](CCCCN)C(=O)N[C@@H](CC(C)C)C(=O)N[C@@H](C(=O)O)C(C)C)c2ncccc2c1. The molecule has 1 heterocycles. The number of hydrogen-bond acceptors (Lipinski definition) is 8. The van der Waals surface area contributed by atoms with E-state index in [1.807, 2.05) is 38.1 Å². The van der Waals surface area contributed by atoms with Crippen molar-refractivity contribution in [1.82, 2.24) is 20.9 Å². The standard InChI is InChI=1S/C32H52N6O5/c1-20(2)17-27(31(40)38-28(21(3)4)32(41)42)37-30(39)25(13-7-8-14-33)34-15-9-11-22(5)36-26-19-24(43-6)18-23-12-10-16-35-29(23)26/h10,12,16,18-22,25,27-28,34,36H,7-9,11,13-15,17,33H2,1-6H3,(H,37,39)(H,38,40)(H,41,42)/t22?,25-,27-,28+/m0/s1. The van der Waals surface area contributed by atoms with Gasteiger partial charge in [-0.2, -0.15) is 0 Å². The molecule has 0 fully saturated rings. The molecule has 1 unspecified atom stereocenters. The van der Waals surface area contributed by atoms with Crippen LogP contribution in [-0.2, 0) is 14.4 Å². The van der Waals surface area contributed by atoms with Gasteiger partial charge < -0.3 is 36.8 Å². The number of hydrogen-bond donors (Lipinski definition) is 6. The van der Waals surface area contributed by atoms with Gasteiger partial charge in [0.15, 0.2) is 0 Å². The zero-order chi connectivity index (χ0) is 31.9. The number of nitrogens with two attached hydrogens (primary N) is 1. The first kappa shape index (κ1) is 35.8. The summed E-state index contributed by atoms with van der Waals surface area (Å²) in [6.07, 6.45) is 5.97. The number of benzene rings is 1. The molecule has 0 saturated carbocycles. The number of rotatable bonds is 20. The summed E-state index contributed by atoms with van der Waals surface area (Å²) in [5.74, 6) is -1.27. The van der Waals surface area contributed by atoms with Gasteiger partial charge in [-0.05, 0) is 76.1 Å². The Morgan fingerprint density at radius 3 is 2.33 bits per heavy atom. The zero-order valence-electron chi connectivity index (χ0n) is 26.6. The number of aliphatic carboxylic acids is 1. The van der Waals surface area contributed by atoms with Crippen molar-refractivity contribution >= 4 is 34.4 Å². The van der Waals surface area contributed by atoms with Crippen molar-refractivity contribution < 1.29 is 24.2 Å². The fraction of sp³-hybridized carbons (Fsp3) is 0.625. The lowest BCUT2D eigenvalue weighted by Crippen LogP contribution is -2.56.